The maximum atomic E-state index is 13.1. The number of halogens is 2. The largest absolute Gasteiger partial charge is 0.477 e. The summed E-state index contributed by atoms with van der Waals surface area (Å²) in [7, 11) is 0. The van der Waals surface area contributed by atoms with Crippen LogP contribution < -0.4 is 0 Å². The summed E-state index contributed by atoms with van der Waals surface area (Å²) < 4.78 is 26.3. The topological polar surface area (TPSA) is 50.2 Å². The normalized spacial score (nSPS) is 11.6. The molecule has 17 heavy (non-hydrogen) atoms. The maximum absolute atomic E-state index is 13.1. The van der Waals surface area contributed by atoms with E-state index in [0.717, 1.165) is 0 Å². The molecule has 0 aliphatic rings. The highest BCUT2D eigenvalue weighted by Crippen LogP contribution is 2.25. The number of aliphatic carboxylic acids is 1. The number of carboxylic acid groups (broad SMARTS) is 1. The van der Waals surface area contributed by atoms with Gasteiger partial charge in [-0.1, -0.05) is 18.2 Å². The minimum atomic E-state index is -3.76. The monoisotopic (exact) mass is 237 g/mol. The molecule has 0 amide bonds. The van der Waals surface area contributed by atoms with E-state index >= 15 is 0 Å². The highest BCUT2D eigenvalue weighted by atomic mass is 19.3. The molecule has 88 valence electrons. The molecule has 0 aliphatic carbocycles. The fourth-order valence-electron chi connectivity index (χ4n) is 1.62. The van der Waals surface area contributed by atoms with Crippen LogP contribution in [0.4, 0.5) is 8.78 Å². The minimum Gasteiger partial charge on any atom is -0.477 e. The molecule has 0 fully saturated rings. The number of fused-ring (bicyclic) bond motifs is 1. The smallest absolute Gasteiger partial charge is 0.374 e. The van der Waals surface area contributed by atoms with Crippen molar-refractivity contribution in [2.45, 2.75) is 12.3 Å². The molecule has 1 N–H and O–H groups in total. The predicted octanol–water partition coefficient (Wildman–Crippen LogP) is 2.50. The second kappa shape index (κ2) is 4.08. The van der Waals surface area contributed by atoms with Gasteiger partial charge in [-0.25, -0.2) is 4.79 Å². The van der Waals surface area contributed by atoms with Gasteiger partial charge < -0.3 is 5.11 Å². The summed E-state index contributed by atoms with van der Waals surface area (Å²) in [6, 6.07) is 8.20. The van der Waals surface area contributed by atoms with Crippen LogP contribution in [-0.4, -0.2) is 22.0 Å². The molecule has 0 unspecified atom stereocenters. The lowest BCUT2D eigenvalue weighted by molar-refractivity contribution is -0.164. The lowest BCUT2D eigenvalue weighted by Gasteiger charge is -2.12. The Bertz CT molecular complexity index is 564. The first-order chi connectivity index (χ1) is 8.00. The van der Waals surface area contributed by atoms with Crippen molar-refractivity contribution in [2.75, 3.05) is 0 Å². The number of nitrogens with zero attached hydrogens (tertiary/aromatic N) is 1. The summed E-state index contributed by atoms with van der Waals surface area (Å²) in [5.41, 5.74) is 0.856. The molecule has 2 rings (SSSR count). The molecule has 0 aliphatic heterocycles. The van der Waals surface area contributed by atoms with Crippen LogP contribution in [0.15, 0.2) is 36.5 Å². The number of rotatable bonds is 3. The summed E-state index contributed by atoms with van der Waals surface area (Å²) in [5, 5.41) is 8.96. The summed E-state index contributed by atoms with van der Waals surface area (Å²) in [6.45, 7) is 0. The number of alkyl halides is 2. The SMILES string of the molecule is O=C(O)C(F)(F)Cc1ccnc2ccccc12. The second-order valence-corrected chi connectivity index (χ2v) is 3.67. The lowest BCUT2D eigenvalue weighted by Crippen LogP contribution is -2.30. The Hall–Kier alpha value is -2.04. The molecular weight excluding hydrogens is 228 g/mol. The van der Waals surface area contributed by atoms with E-state index in [4.69, 9.17) is 5.11 Å². The Balaban J connectivity index is 2.46. The van der Waals surface area contributed by atoms with Gasteiger partial charge in [0.2, 0.25) is 0 Å². The first-order valence-corrected chi connectivity index (χ1v) is 4.94. The van der Waals surface area contributed by atoms with Crippen molar-refractivity contribution in [2.24, 2.45) is 0 Å². The molecule has 3 nitrogen and oxygen atoms in total. The summed E-state index contributed by atoms with van der Waals surface area (Å²) in [6.07, 6.45) is 0.570. The molecule has 0 saturated heterocycles. The van der Waals surface area contributed by atoms with Crippen molar-refractivity contribution in [1.82, 2.24) is 4.98 Å². The van der Waals surface area contributed by atoms with E-state index < -0.39 is 18.3 Å². The Kier molecular flexibility index (Phi) is 2.75. The van der Waals surface area contributed by atoms with E-state index in [0.29, 0.717) is 10.9 Å². The quantitative estimate of drug-likeness (QED) is 0.892. The Morgan fingerprint density at radius 1 is 1.29 bits per heavy atom. The van der Waals surface area contributed by atoms with Crippen molar-refractivity contribution < 1.29 is 18.7 Å². The van der Waals surface area contributed by atoms with Crippen LogP contribution >= 0.6 is 0 Å². The summed E-state index contributed by atoms with van der Waals surface area (Å²) in [4.78, 5) is 14.4. The average Bonchev–Trinajstić information content (AvgIpc) is 2.29. The highest BCUT2D eigenvalue weighted by molar-refractivity contribution is 5.83. The zero-order chi connectivity index (χ0) is 12.5. The second-order valence-electron chi connectivity index (χ2n) is 3.67. The fourth-order valence-corrected chi connectivity index (χ4v) is 1.62. The van der Waals surface area contributed by atoms with E-state index in [1.807, 2.05) is 0 Å². The molecule has 0 atom stereocenters. The van der Waals surface area contributed by atoms with Crippen LogP contribution in [0.1, 0.15) is 5.56 Å². The van der Waals surface area contributed by atoms with Crippen molar-refractivity contribution in [3.8, 4) is 0 Å². The van der Waals surface area contributed by atoms with Crippen LogP contribution in [0, 0.1) is 0 Å². The Labute approximate surface area is 95.7 Å². The number of carbonyl (C=O) groups is 1. The van der Waals surface area contributed by atoms with Crippen LogP contribution in [0.25, 0.3) is 10.9 Å². The molecule has 0 spiro atoms. The van der Waals surface area contributed by atoms with Gasteiger partial charge in [0.05, 0.1) is 5.52 Å². The maximum Gasteiger partial charge on any atom is 0.374 e. The van der Waals surface area contributed by atoms with Gasteiger partial charge in [-0.2, -0.15) is 8.78 Å². The minimum absolute atomic E-state index is 0.281. The van der Waals surface area contributed by atoms with Gasteiger partial charge in [-0.05, 0) is 17.7 Å². The molecular formula is C12H9F2NO2. The third-order valence-corrected chi connectivity index (χ3v) is 2.46. The number of pyridine rings is 1. The third kappa shape index (κ3) is 2.22. The van der Waals surface area contributed by atoms with Gasteiger partial charge in [-0.15, -0.1) is 0 Å². The molecule has 2 aromatic rings. The molecule has 1 aromatic heterocycles. The van der Waals surface area contributed by atoms with E-state index in [1.54, 1.807) is 24.3 Å². The van der Waals surface area contributed by atoms with E-state index in [1.165, 1.54) is 12.3 Å². The van der Waals surface area contributed by atoms with Gasteiger partial charge in [0.1, 0.15) is 0 Å². The number of para-hydroxylation sites is 1. The number of aromatic nitrogens is 1. The van der Waals surface area contributed by atoms with Gasteiger partial charge in [0.25, 0.3) is 0 Å². The third-order valence-electron chi connectivity index (χ3n) is 2.46. The first kappa shape index (κ1) is 11.4. The van der Waals surface area contributed by atoms with Crippen LogP contribution in [0.3, 0.4) is 0 Å². The van der Waals surface area contributed by atoms with Gasteiger partial charge >= 0.3 is 11.9 Å². The molecule has 5 heteroatoms. The molecule has 0 radical (unpaired) electrons. The summed E-state index contributed by atoms with van der Waals surface area (Å²) >= 11 is 0. The van der Waals surface area contributed by atoms with E-state index in [9.17, 15) is 13.6 Å². The van der Waals surface area contributed by atoms with Crippen molar-refractivity contribution in [3.63, 3.8) is 0 Å². The van der Waals surface area contributed by atoms with Crippen molar-refractivity contribution in [3.05, 3.63) is 42.1 Å². The molecule has 0 saturated carbocycles. The highest BCUT2D eigenvalue weighted by Gasteiger charge is 2.39. The molecule has 1 aromatic carbocycles. The Morgan fingerprint density at radius 3 is 2.71 bits per heavy atom. The van der Waals surface area contributed by atoms with Gasteiger partial charge in [0, 0.05) is 18.0 Å². The fraction of sp³-hybridized carbons (Fsp3) is 0.167. The van der Waals surface area contributed by atoms with Crippen LogP contribution in [-0.2, 0) is 11.2 Å². The average molecular weight is 237 g/mol. The van der Waals surface area contributed by atoms with Crippen molar-refractivity contribution >= 4 is 16.9 Å². The summed E-state index contributed by atoms with van der Waals surface area (Å²) in [5.74, 6) is -5.87. The number of carboxylic acids is 1. The zero-order valence-electron chi connectivity index (χ0n) is 8.73. The number of hydrogen-bond donors (Lipinski definition) is 1. The van der Waals surface area contributed by atoms with Crippen molar-refractivity contribution in [1.29, 1.82) is 0 Å². The Morgan fingerprint density at radius 2 is 2.00 bits per heavy atom. The van der Waals surface area contributed by atoms with Gasteiger partial charge in [0.15, 0.2) is 0 Å². The van der Waals surface area contributed by atoms with Crippen LogP contribution in [0.5, 0.6) is 0 Å². The van der Waals surface area contributed by atoms with E-state index in [-0.39, 0.29) is 5.56 Å². The molecule has 1 heterocycles. The standard InChI is InChI=1S/C12H9F2NO2/c13-12(14,11(16)17)7-8-5-6-15-10-4-2-1-3-9(8)10/h1-6H,7H2,(H,16,17). The predicted molar refractivity (Wildman–Crippen MR) is 58.0 cm³/mol. The van der Waals surface area contributed by atoms with Crippen LogP contribution in [0.2, 0.25) is 0 Å². The zero-order valence-corrected chi connectivity index (χ0v) is 8.73. The number of hydrogen-bond acceptors (Lipinski definition) is 2. The van der Waals surface area contributed by atoms with E-state index in [2.05, 4.69) is 4.98 Å². The molecule has 0 bridgehead atoms. The number of benzene rings is 1. The van der Waals surface area contributed by atoms with Gasteiger partial charge in [-0.3, -0.25) is 4.98 Å². The lowest BCUT2D eigenvalue weighted by atomic mass is 10.0. The first-order valence-electron chi connectivity index (χ1n) is 4.94.